The van der Waals surface area contributed by atoms with Crippen LogP contribution in [0.1, 0.15) is 13.3 Å². The number of nitrogens with zero attached hydrogens (tertiary/aromatic N) is 1. The van der Waals surface area contributed by atoms with Crippen LogP contribution in [0.3, 0.4) is 0 Å². The Morgan fingerprint density at radius 1 is 1.35 bits per heavy atom. The molecule has 4 nitrogen and oxygen atoms in total. The van der Waals surface area contributed by atoms with Crippen LogP contribution in [-0.2, 0) is 4.79 Å². The first-order valence-corrected chi connectivity index (χ1v) is 9.34. The number of nitrogens with one attached hydrogen (secondary N) is 1. The van der Waals surface area contributed by atoms with E-state index in [4.69, 9.17) is 0 Å². The molecule has 1 rings (SSSR count). The summed E-state index contributed by atoms with van der Waals surface area (Å²) in [5, 5.41) is 12.2. The maximum absolute atomic E-state index is 12.0. The van der Waals surface area contributed by atoms with Crippen molar-refractivity contribution < 1.29 is 9.90 Å². The van der Waals surface area contributed by atoms with Gasteiger partial charge in [0, 0.05) is 17.3 Å². The summed E-state index contributed by atoms with van der Waals surface area (Å²) in [6, 6.07) is 4.08. The Balaban J connectivity index is 2.59. The minimum Gasteiger partial charge on any atom is -0.393 e. The average molecular weight is 614 g/mol. The lowest BCUT2D eigenvalue weighted by atomic mass is 10.2. The molecule has 0 saturated carbocycles. The first-order chi connectivity index (χ1) is 9.29. The van der Waals surface area contributed by atoms with Gasteiger partial charge in [0.2, 0.25) is 5.91 Å². The molecule has 1 unspecified atom stereocenters. The van der Waals surface area contributed by atoms with Crippen molar-refractivity contribution in [2.45, 2.75) is 19.4 Å². The zero-order chi connectivity index (χ0) is 15.3. The van der Waals surface area contributed by atoms with Crippen LogP contribution >= 0.6 is 67.8 Å². The van der Waals surface area contributed by atoms with Crippen LogP contribution in [0.2, 0.25) is 0 Å². The van der Waals surface area contributed by atoms with E-state index in [-0.39, 0.29) is 12.0 Å². The summed E-state index contributed by atoms with van der Waals surface area (Å²) < 4.78 is 3.24. The molecule has 0 aliphatic heterocycles. The molecular weight excluding hydrogens is 597 g/mol. The lowest BCUT2D eigenvalue weighted by molar-refractivity contribution is -0.117. The molecule has 0 radical (unpaired) electrons. The number of aliphatic hydroxyl groups excluding tert-OH is 1. The van der Waals surface area contributed by atoms with E-state index in [1.165, 1.54) is 0 Å². The summed E-state index contributed by atoms with van der Waals surface area (Å²) in [6.07, 6.45) is 0.334. The van der Waals surface area contributed by atoms with E-state index < -0.39 is 0 Å². The van der Waals surface area contributed by atoms with Crippen molar-refractivity contribution in [2.24, 2.45) is 0 Å². The van der Waals surface area contributed by atoms with Crippen molar-refractivity contribution >= 4 is 79.4 Å². The maximum atomic E-state index is 12.0. The van der Waals surface area contributed by atoms with Crippen LogP contribution in [0.5, 0.6) is 0 Å². The third-order valence-corrected chi connectivity index (χ3v) is 4.94. The molecule has 1 aromatic carbocycles. The first kappa shape index (κ1) is 18.8. The molecule has 7 heteroatoms. The van der Waals surface area contributed by atoms with Gasteiger partial charge < -0.3 is 10.4 Å². The second kappa shape index (κ2) is 9.06. The van der Waals surface area contributed by atoms with Crippen molar-refractivity contribution in [1.82, 2.24) is 4.90 Å². The second-order valence-corrected chi connectivity index (χ2v) is 8.24. The Labute approximate surface area is 160 Å². The zero-order valence-electron chi connectivity index (χ0n) is 11.3. The van der Waals surface area contributed by atoms with Crippen LogP contribution in [0.15, 0.2) is 12.1 Å². The quantitative estimate of drug-likeness (QED) is 0.485. The minimum atomic E-state index is -0.335. The number of anilines is 1. The summed E-state index contributed by atoms with van der Waals surface area (Å²) in [4.78, 5) is 13.9. The second-order valence-electron chi connectivity index (χ2n) is 4.67. The molecule has 1 aromatic rings. The number of amides is 1. The molecule has 0 spiro atoms. The molecule has 0 aromatic heterocycles. The van der Waals surface area contributed by atoms with Crippen molar-refractivity contribution in [3.63, 3.8) is 0 Å². The van der Waals surface area contributed by atoms with Gasteiger partial charge in [0.25, 0.3) is 0 Å². The number of benzene rings is 1. The highest BCUT2D eigenvalue weighted by Crippen LogP contribution is 2.27. The maximum Gasteiger partial charge on any atom is 0.238 e. The van der Waals surface area contributed by atoms with E-state index >= 15 is 0 Å². The number of hydrogen-bond acceptors (Lipinski definition) is 3. The number of carbonyl (C=O) groups excluding carboxylic acids is 1. The first-order valence-electron chi connectivity index (χ1n) is 6.10. The topological polar surface area (TPSA) is 52.6 Å². The minimum absolute atomic E-state index is 0.0323. The van der Waals surface area contributed by atoms with Crippen molar-refractivity contribution in [3.8, 4) is 0 Å². The molecule has 1 amide bonds. The van der Waals surface area contributed by atoms with Crippen LogP contribution in [0, 0.1) is 10.7 Å². The van der Waals surface area contributed by atoms with E-state index in [2.05, 4.69) is 73.1 Å². The van der Waals surface area contributed by atoms with E-state index in [1.807, 2.05) is 24.1 Å². The third kappa shape index (κ3) is 6.71. The predicted octanol–water partition coefficient (Wildman–Crippen LogP) is 3.14. The highest BCUT2D eigenvalue weighted by molar-refractivity contribution is 14.1. The molecule has 0 saturated heterocycles. The monoisotopic (exact) mass is 614 g/mol. The van der Waals surface area contributed by atoms with Gasteiger partial charge in [-0.05, 0) is 100 Å². The number of carbonyl (C=O) groups is 1. The van der Waals surface area contributed by atoms with Gasteiger partial charge in [-0.3, -0.25) is 9.69 Å². The molecule has 20 heavy (non-hydrogen) atoms. The molecule has 0 aliphatic rings. The fourth-order valence-corrected chi connectivity index (χ4v) is 5.42. The van der Waals surface area contributed by atoms with Crippen LogP contribution in [-0.4, -0.2) is 42.2 Å². The zero-order valence-corrected chi connectivity index (χ0v) is 17.8. The molecule has 0 heterocycles. The molecule has 1 atom stereocenters. The Bertz CT molecular complexity index is 458. The van der Waals surface area contributed by atoms with Crippen LogP contribution in [0.25, 0.3) is 0 Å². The number of hydrogen-bond donors (Lipinski definition) is 2. The predicted molar refractivity (Wildman–Crippen MR) is 107 cm³/mol. The number of likely N-dealkylation sites (N-methyl/N-ethyl adjacent to an activating group) is 1. The van der Waals surface area contributed by atoms with E-state index in [9.17, 15) is 9.90 Å². The van der Waals surface area contributed by atoms with E-state index in [0.29, 0.717) is 19.5 Å². The largest absolute Gasteiger partial charge is 0.393 e. The summed E-state index contributed by atoms with van der Waals surface area (Å²) in [5.41, 5.74) is 0.876. The van der Waals surface area contributed by atoms with Gasteiger partial charge >= 0.3 is 0 Å². The summed E-state index contributed by atoms with van der Waals surface area (Å²) >= 11 is 6.73. The van der Waals surface area contributed by atoms with Crippen molar-refractivity contribution in [3.05, 3.63) is 22.8 Å². The molecule has 0 aliphatic carbocycles. The lowest BCUT2D eigenvalue weighted by Crippen LogP contribution is -2.32. The highest BCUT2D eigenvalue weighted by atomic mass is 127. The fourth-order valence-electron chi connectivity index (χ4n) is 1.57. The third-order valence-electron chi connectivity index (χ3n) is 2.61. The van der Waals surface area contributed by atoms with Crippen molar-refractivity contribution in [1.29, 1.82) is 0 Å². The molecule has 2 N–H and O–H groups in total. The molecule has 0 bridgehead atoms. The van der Waals surface area contributed by atoms with Gasteiger partial charge in [-0.1, -0.05) is 0 Å². The van der Waals surface area contributed by atoms with Gasteiger partial charge in [0.05, 0.1) is 18.3 Å². The number of aliphatic hydroxyl groups is 1. The molecule has 0 fully saturated rings. The Hall–Kier alpha value is 0.800. The van der Waals surface area contributed by atoms with Gasteiger partial charge in [-0.15, -0.1) is 0 Å². The van der Waals surface area contributed by atoms with E-state index in [1.54, 1.807) is 6.92 Å². The smallest absolute Gasteiger partial charge is 0.238 e. The van der Waals surface area contributed by atoms with Gasteiger partial charge in [-0.25, -0.2) is 0 Å². The standard InChI is InChI=1S/C13H17I3N2O2/c1-8(19)3-4-18(2)7-12(20)17-13-10(15)5-9(14)6-11(13)16/h5-6,8,19H,3-4,7H2,1-2H3,(H,17,20). The van der Waals surface area contributed by atoms with Crippen molar-refractivity contribution in [2.75, 3.05) is 25.5 Å². The van der Waals surface area contributed by atoms with Crippen LogP contribution in [0.4, 0.5) is 5.69 Å². The Morgan fingerprint density at radius 3 is 2.40 bits per heavy atom. The number of rotatable bonds is 6. The molecule has 112 valence electrons. The van der Waals surface area contributed by atoms with Gasteiger partial charge in [0.15, 0.2) is 0 Å². The van der Waals surface area contributed by atoms with Gasteiger partial charge in [0.1, 0.15) is 0 Å². The normalized spacial score (nSPS) is 12.6. The average Bonchev–Trinajstić information content (AvgIpc) is 2.31. The Kier molecular flexibility index (Phi) is 8.53. The molecular formula is C13H17I3N2O2. The Morgan fingerprint density at radius 2 is 1.90 bits per heavy atom. The summed E-state index contributed by atoms with van der Waals surface area (Å²) in [5.74, 6) is -0.0323. The fraction of sp³-hybridized carbons (Fsp3) is 0.462. The number of halogens is 3. The van der Waals surface area contributed by atoms with E-state index in [0.717, 1.165) is 16.4 Å². The van der Waals surface area contributed by atoms with Gasteiger partial charge in [-0.2, -0.15) is 0 Å². The summed E-state index contributed by atoms with van der Waals surface area (Å²) in [7, 11) is 1.88. The highest BCUT2D eigenvalue weighted by Gasteiger charge is 2.12. The summed E-state index contributed by atoms with van der Waals surface area (Å²) in [6.45, 7) is 2.78. The lowest BCUT2D eigenvalue weighted by Gasteiger charge is -2.18. The SMILES string of the molecule is CC(O)CCN(C)CC(=O)Nc1c(I)cc(I)cc1I. The van der Waals surface area contributed by atoms with Crippen LogP contribution < -0.4 is 5.32 Å².